The molecule has 2 nitrogen and oxygen atoms in total. The van der Waals surface area contributed by atoms with Crippen molar-refractivity contribution in [2.24, 2.45) is 0 Å². The Labute approximate surface area is 128 Å². The van der Waals surface area contributed by atoms with Gasteiger partial charge in [-0.3, -0.25) is 0 Å². The summed E-state index contributed by atoms with van der Waals surface area (Å²) >= 11 is 14.9. The molecule has 0 fully saturated rings. The van der Waals surface area contributed by atoms with Crippen molar-refractivity contribution in [3.05, 3.63) is 56.2 Å². The van der Waals surface area contributed by atoms with Crippen molar-refractivity contribution >= 4 is 44.8 Å². The van der Waals surface area contributed by atoms with Gasteiger partial charge in [0.15, 0.2) is 0 Å². The maximum Gasteiger partial charge on any atom is 0.145 e. The van der Waals surface area contributed by atoms with Gasteiger partial charge in [-0.25, -0.2) is 4.39 Å². The molecule has 0 unspecified atom stereocenters. The van der Waals surface area contributed by atoms with E-state index in [0.29, 0.717) is 20.9 Å². The first-order chi connectivity index (χ1) is 8.97. The lowest BCUT2D eigenvalue weighted by Gasteiger charge is -2.10. The van der Waals surface area contributed by atoms with Crippen LogP contribution in [0.3, 0.4) is 0 Å². The number of halogens is 4. The lowest BCUT2D eigenvalue weighted by atomic mass is 10.2. The van der Waals surface area contributed by atoms with Gasteiger partial charge in [0.1, 0.15) is 18.2 Å². The van der Waals surface area contributed by atoms with Crippen LogP contribution in [0, 0.1) is 5.82 Å². The number of nitrogens with two attached hydrogens (primary N) is 1. The molecular weight excluding hydrogens is 356 g/mol. The van der Waals surface area contributed by atoms with E-state index in [2.05, 4.69) is 15.9 Å². The molecule has 2 aromatic carbocycles. The van der Waals surface area contributed by atoms with Gasteiger partial charge >= 0.3 is 0 Å². The van der Waals surface area contributed by atoms with E-state index in [1.54, 1.807) is 18.2 Å². The first-order valence-electron chi connectivity index (χ1n) is 5.28. The molecule has 19 heavy (non-hydrogen) atoms. The lowest BCUT2D eigenvalue weighted by Crippen LogP contribution is -1.99. The van der Waals surface area contributed by atoms with Gasteiger partial charge in [0.25, 0.3) is 0 Å². The molecule has 6 heteroatoms. The van der Waals surface area contributed by atoms with Crippen LogP contribution in [0.25, 0.3) is 0 Å². The second-order valence-electron chi connectivity index (χ2n) is 3.84. The van der Waals surface area contributed by atoms with Crippen molar-refractivity contribution < 1.29 is 9.13 Å². The van der Waals surface area contributed by atoms with E-state index in [1.165, 1.54) is 12.1 Å². The maximum absolute atomic E-state index is 13.3. The van der Waals surface area contributed by atoms with Gasteiger partial charge in [0, 0.05) is 22.3 Å². The number of hydrogen-bond acceptors (Lipinski definition) is 2. The fourth-order valence-corrected chi connectivity index (χ4v) is 2.40. The Morgan fingerprint density at radius 1 is 1.16 bits per heavy atom. The maximum atomic E-state index is 13.3. The molecule has 2 aromatic rings. The van der Waals surface area contributed by atoms with E-state index < -0.39 is 5.82 Å². The molecule has 0 saturated carbocycles. The van der Waals surface area contributed by atoms with Gasteiger partial charge in [-0.05, 0) is 40.2 Å². The van der Waals surface area contributed by atoms with Crippen LogP contribution in [0.4, 0.5) is 10.1 Å². The van der Waals surface area contributed by atoms with Crippen LogP contribution in [0.2, 0.25) is 10.0 Å². The molecule has 0 amide bonds. The van der Waals surface area contributed by atoms with Gasteiger partial charge in [-0.15, -0.1) is 0 Å². The van der Waals surface area contributed by atoms with Crippen molar-refractivity contribution in [2.75, 3.05) is 5.73 Å². The van der Waals surface area contributed by atoms with Gasteiger partial charge in [0.2, 0.25) is 0 Å². The molecule has 100 valence electrons. The molecule has 0 heterocycles. The quantitative estimate of drug-likeness (QED) is 0.610. The van der Waals surface area contributed by atoms with Crippen molar-refractivity contribution in [2.45, 2.75) is 6.61 Å². The molecular formula is C13H9BrCl2FNO. The molecule has 0 bridgehead atoms. The Kier molecular flexibility index (Phi) is 4.55. The summed E-state index contributed by atoms with van der Waals surface area (Å²) in [4.78, 5) is 0. The van der Waals surface area contributed by atoms with Crippen molar-refractivity contribution in [1.29, 1.82) is 0 Å². The third kappa shape index (κ3) is 3.53. The Balaban J connectivity index is 2.19. The monoisotopic (exact) mass is 363 g/mol. The van der Waals surface area contributed by atoms with Crippen LogP contribution in [0.5, 0.6) is 5.75 Å². The Morgan fingerprint density at radius 2 is 1.89 bits per heavy atom. The summed E-state index contributed by atoms with van der Waals surface area (Å²) in [6, 6.07) is 7.75. The molecule has 0 atom stereocenters. The second-order valence-corrected chi connectivity index (χ2v) is 5.50. The van der Waals surface area contributed by atoms with Crippen LogP contribution in [-0.2, 0) is 6.61 Å². The van der Waals surface area contributed by atoms with Crippen molar-refractivity contribution in [1.82, 2.24) is 0 Å². The largest absolute Gasteiger partial charge is 0.488 e. The molecule has 0 aromatic heterocycles. The first-order valence-corrected chi connectivity index (χ1v) is 6.83. The number of benzene rings is 2. The predicted octanol–water partition coefficient (Wildman–Crippen LogP) is 5.06. The summed E-state index contributed by atoms with van der Waals surface area (Å²) in [6.07, 6.45) is 0. The van der Waals surface area contributed by atoms with E-state index in [4.69, 9.17) is 33.7 Å². The molecule has 0 aliphatic rings. The Bertz CT molecular complexity index is 622. The minimum Gasteiger partial charge on any atom is -0.488 e. The number of nitrogen functional groups attached to an aromatic ring is 1. The fourth-order valence-electron chi connectivity index (χ4n) is 1.48. The van der Waals surface area contributed by atoms with Crippen LogP contribution in [0.15, 0.2) is 34.8 Å². The van der Waals surface area contributed by atoms with E-state index in [-0.39, 0.29) is 11.6 Å². The van der Waals surface area contributed by atoms with Crippen LogP contribution in [-0.4, -0.2) is 0 Å². The molecule has 0 aliphatic carbocycles. The molecule has 0 radical (unpaired) electrons. The average molecular weight is 365 g/mol. The average Bonchev–Trinajstić information content (AvgIpc) is 2.36. The smallest absolute Gasteiger partial charge is 0.145 e. The first kappa shape index (κ1) is 14.4. The lowest BCUT2D eigenvalue weighted by molar-refractivity contribution is 0.303. The van der Waals surface area contributed by atoms with Gasteiger partial charge < -0.3 is 10.5 Å². The Morgan fingerprint density at radius 3 is 2.63 bits per heavy atom. The third-order valence-corrected chi connectivity index (χ3v) is 3.71. The van der Waals surface area contributed by atoms with E-state index >= 15 is 0 Å². The van der Waals surface area contributed by atoms with Gasteiger partial charge in [-0.2, -0.15) is 0 Å². The van der Waals surface area contributed by atoms with Gasteiger partial charge in [0.05, 0.1) is 9.50 Å². The van der Waals surface area contributed by atoms with Crippen molar-refractivity contribution in [3.8, 4) is 5.75 Å². The highest BCUT2D eigenvalue weighted by Crippen LogP contribution is 2.31. The minimum atomic E-state index is -0.543. The zero-order valence-corrected chi connectivity index (χ0v) is 12.7. The van der Waals surface area contributed by atoms with E-state index in [0.717, 1.165) is 5.56 Å². The van der Waals surface area contributed by atoms with E-state index in [1.807, 2.05) is 0 Å². The number of ether oxygens (including phenoxy) is 1. The SMILES string of the molecule is Nc1ccc(Cl)c(COc2cc(F)c(Cl)cc2Br)c1. The zero-order valence-electron chi connectivity index (χ0n) is 9.59. The third-order valence-electron chi connectivity index (χ3n) is 2.43. The highest BCUT2D eigenvalue weighted by atomic mass is 79.9. The molecule has 0 spiro atoms. The minimum absolute atomic E-state index is 0.0289. The second kappa shape index (κ2) is 5.99. The predicted molar refractivity (Wildman–Crippen MR) is 79.3 cm³/mol. The molecule has 0 saturated heterocycles. The molecule has 0 aliphatic heterocycles. The summed E-state index contributed by atoms with van der Waals surface area (Å²) in [5, 5.41) is 0.570. The number of anilines is 1. The van der Waals surface area contributed by atoms with E-state index in [9.17, 15) is 4.39 Å². The topological polar surface area (TPSA) is 35.2 Å². The van der Waals surface area contributed by atoms with Gasteiger partial charge in [-0.1, -0.05) is 23.2 Å². The molecule has 2 rings (SSSR count). The van der Waals surface area contributed by atoms with Crippen LogP contribution in [0.1, 0.15) is 5.56 Å². The van der Waals surface area contributed by atoms with Crippen LogP contribution >= 0.6 is 39.1 Å². The summed E-state index contributed by atoms with van der Waals surface area (Å²) < 4.78 is 19.4. The Hall–Kier alpha value is -0.970. The summed E-state index contributed by atoms with van der Waals surface area (Å²) in [5.41, 5.74) is 6.98. The number of rotatable bonds is 3. The highest BCUT2D eigenvalue weighted by Gasteiger charge is 2.09. The van der Waals surface area contributed by atoms with Crippen LogP contribution < -0.4 is 10.5 Å². The summed E-state index contributed by atoms with van der Waals surface area (Å²) in [6.45, 7) is 0.184. The summed E-state index contributed by atoms with van der Waals surface area (Å²) in [5.74, 6) is -0.195. The van der Waals surface area contributed by atoms with Crippen molar-refractivity contribution in [3.63, 3.8) is 0 Å². The number of hydrogen-bond donors (Lipinski definition) is 1. The normalized spacial score (nSPS) is 10.5. The zero-order chi connectivity index (χ0) is 14.0. The highest BCUT2D eigenvalue weighted by molar-refractivity contribution is 9.10. The standard InChI is InChI=1S/C13H9BrCl2FNO/c14-9-4-11(16)12(17)5-13(9)19-6-7-3-8(18)1-2-10(7)15/h1-5H,6,18H2. The molecule has 2 N–H and O–H groups in total. The summed E-state index contributed by atoms with van der Waals surface area (Å²) in [7, 11) is 0. The fraction of sp³-hybridized carbons (Fsp3) is 0.0769.